The summed E-state index contributed by atoms with van der Waals surface area (Å²) in [5.74, 6) is 0.894. The fourth-order valence-corrected chi connectivity index (χ4v) is 2.42. The molecule has 2 rings (SSSR count). The standard InChI is InChI=1S/C13H11BrCl2N2O/c1-7-2-3-18-13(8(7)6-17)19-12-5-10(15)9(14)4-11(12)16/h2-5H,6,17H2,1H3. The van der Waals surface area contributed by atoms with Gasteiger partial charge in [0.05, 0.1) is 10.0 Å². The number of aromatic nitrogens is 1. The van der Waals surface area contributed by atoms with Crippen LogP contribution in [-0.2, 0) is 6.54 Å². The molecule has 2 N–H and O–H groups in total. The molecule has 0 fully saturated rings. The molecule has 1 aromatic heterocycles. The number of pyridine rings is 1. The minimum atomic E-state index is 0.344. The minimum Gasteiger partial charge on any atom is -0.437 e. The first kappa shape index (κ1) is 14.6. The monoisotopic (exact) mass is 360 g/mol. The van der Waals surface area contributed by atoms with Crippen LogP contribution in [0, 0.1) is 6.92 Å². The topological polar surface area (TPSA) is 48.1 Å². The van der Waals surface area contributed by atoms with Crippen LogP contribution in [-0.4, -0.2) is 4.98 Å². The van der Waals surface area contributed by atoms with Gasteiger partial charge in [-0.05, 0) is 40.5 Å². The van der Waals surface area contributed by atoms with Crippen molar-refractivity contribution < 1.29 is 4.74 Å². The number of halogens is 3. The second-order valence-electron chi connectivity index (χ2n) is 3.91. The molecule has 0 aliphatic rings. The van der Waals surface area contributed by atoms with Crippen molar-refractivity contribution in [3.63, 3.8) is 0 Å². The minimum absolute atomic E-state index is 0.344. The summed E-state index contributed by atoms with van der Waals surface area (Å²) in [6.45, 7) is 2.30. The Hall–Kier alpha value is -0.810. The zero-order valence-electron chi connectivity index (χ0n) is 10.1. The molecule has 0 spiro atoms. The molecule has 0 radical (unpaired) electrons. The lowest BCUT2D eigenvalue weighted by molar-refractivity contribution is 0.456. The van der Waals surface area contributed by atoms with Crippen molar-refractivity contribution in [2.75, 3.05) is 0 Å². The van der Waals surface area contributed by atoms with Gasteiger partial charge in [0, 0.05) is 28.8 Å². The fourth-order valence-electron chi connectivity index (χ4n) is 1.59. The molecule has 0 unspecified atom stereocenters. The van der Waals surface area contributed by atoms with Gasteiger partial charge in [0.2, 0.25) is 5.88 Å². The maximum absolute atomic E-state index is 6.11. The highest BCUT2D eigenvalue weighted by Crippen LogP contribution is 2.37. The predicted octanol–water partition coefficient (Wildman–Crippen LogP) is 4.71. The molecule has 3 nitrogen and oxygen atoms in total. The zero-order chi connectivity index (χ0) is 14.0. The highest BCUT2D eigenvalue weighted by atomic mass is 79.9. The number of hydrogen-bond donors (Lipinski definition) is 1. The van der Waals surface area contributed by atoms with Crippen LogP contribution < -0.4 is 10.5 Å². The number of nitrogens with two attached hydrogens (primary N) is 1. The molecule has 0 atom stereocenters. The van der Waals surface area contributed by atoms with Crippen LogP contribution in [0.25, 0.3) is 0 Å². The zero-order valence-corrected chi connectivity index (χ0v) is 13.2. The molecule has 2 aromatic rings. The van der Waals surface area contributed by atoms with E-state index in [4.69, 9.17) is 33.7 Å². The molecule has 6 heteroatoms. The summed E-state index contributed by atoms with van der Waals surface area (Å²) in [5, 5.41) is 0.962. The lowest BCUT2D eigenvalue weighted by Gasteiger charge is -2.12. The summed E-state index contributed by atoms with van der Waals surface area (Å²) in [7, 11) is 0. The van der Waals surface area contributed by atoms with Crippen molar-refractivity contribution in [2.45, 2.75) is 13.5 Å². The number of rotatable bonds is 3. The van der Waals surface area contributed by atoms with Crippen molar-refractivity contribution in [3.8, 4) is 11.6 Å². The molecule has 1 heterocycles. The van der Waals surface area contributed by atoms with Crippen molar-refractivity contribution in [3.05, 3.63) is 50.0 Å². The van der Waals surface area contributed by atoms with E-state index in [-0.39, 0.29) is 0 Å². The van der Waals surface area contributed by atoms with E-state index >= 15 is 0 Å². The lowest BCUT2D eigenvalue weighted by Crippen LogP contribution is -2.03. The van der Waals surface area contributed by atoms with Gasteiger partial charge in [-0.25, -0.2) is 4.98 Å². The average Bonchev–Trinajstić information content (AvgIpc) is 2.36. The van der Waals surface area contributed by atoms with E-state index in [0.717, 1.165) is 11.1 Å². The molecule has 0 aliphatic carbocycles. The first-order chi connectivity index (χ1) is 9.02. The van der Waals surface area contributed by atoms with E-state index in [0.29, 0.717) is 32.7 Å². The van der Waals surface area contributed by atoms with E-state index in [1.165, 1.54) is 0 Å². The fraction of sp³-hybridized carbons (Fsp3) is 0.154. The largest absolute Gasteiger partial charge is 0.437 e. The van der Waals surface area contributed by atoms with Gasteiger partial charge in [-0.2, -0.15) is 0 Å². The Kier molecular flexibility index (Phi) is 4.68. The van der Waals surface area contributed by atoms with Crippen LogP contribution in [0.4, 0.5) is 0 Å². The van der Waals surface area contributed by atoms with Crippen LogP contribution in [0.3, 0.4) is 0 Å². The second-order valence-corrected chi connectivity index (χ2v) is 5.58. The quantitative estimate of drug-likeness (QED) is 0.805. The summed E-state index contributed by atoms with van der Waals surface area (Å²) >= 11 is 15.4. The van der Waals surface area contributed by atoms with E-state index in [9.17, 15) is 0 Å². The number of nitrogens with zero attached hydrogens (tertiary/aromatic N) is 1. The van der Waals surface area contributed by atoms with Gasteiger partial charge < -0.3 is 10.5 Å². The van der Waals surface area contributed by atoms with Crippen molar-refractivity contribution >= 4 is 39.1 Å². The number of hydrogen-bond acceptors (Lipinski definition) is 3. The van der Waals surface area contributed by atoms with Gasteiger partial charge in [-0.1, -0.05) is 23.2 Å². The lowest BCUT2D eigenvalue weighted by atomic mass is 10.1. The summed E-state index contributed by atoms with van der Waals surface area (Å²) < 4.78 is 6.43. The molecule has 100 valence electrons. The third-order valence-corrected chi connectivity index (χ3v) is 4.13. The Morgan fingerprint density at radius 3 is 2.74 bits per heavy atom. The van der Waals surface area contributed by atoms with Gasteiger partial charge >= 0.3 is 0 Å². The molecule has 0 amide bonds. The van der Waals surface area contributed by atoms with Gasteiger partial charge in [0.15, 0.2) is 0 Å². The van der Waals surface area contributed by atoms with Crippen LogP contribution >= 0.6 is 39.1 Å². The first-order valence-electron chi connectivity index (χ1n) is 5.50. The summed E-state index contributed by atoms with van der Waals surface area (Å²) in [6.07, 6.45) is 1.66. The number of aryl methyl sites for hydroxylation is 1. The highest BCUT2D eigenvalue weighted by molar-refractivity contribution is 9.10. The first-order valence-corrected chi connectivity index (χ1v) is 7.04. The van der Waals surface area contributed by atoms with E-state index in [1.807, 2.05) is 13.0 Å². The Bertz CT molecular complexity index is 620. The SMILES string of the molecule is Cc1ccnc(Oc2cc(Cl)c(Br)cc2Cl)c1CN. The summed E-state index contributed by atoms with van der Waals surface area (Å²) in [6, 6.07) is 5.20. The smallest absolute Gasteiger partial charge is 0.224 e. The molecule has 0 saturated carbocycles. The third-order valence-electron chi connectivity index (χ3n) is 2.64. The Morgan fingerprint density at radius 1 is 1.32 bits per heavy atom. The maximum Gasteiger partial charge on any atom is 0.224 e. The van der Waals surface area contributed by atoms with Crippen LogP contribution in [0.1, 0.15) is 11.1 Å². The molecule has 0 aliphatic heterocycles. The Labute approximate surface area is 129 Å². The van der Waals surface area contributed by atoms with Gasteiger partial charge in [0.25, 0.3) is 0 Å². The Balaban J connectivity index is 2.42. The second kappa shape index (κ2) is 6.09. The van der Waals surface area contributed by atoms with Gasteiger partial charge in [0.1, 0.15) is 5.75 Å². The van der Waals surface area contributed by atoms with Crippen molar-refractivity contribution in [2.24, 2.45) is 5.73 Å². The normalized spacial score (nSPS) is 10.6. The molecule has 0 bridgehead atoms. The molecule has 0 saturated heterocycles. The predicted molar refractivity (Wildman–Crippen MR) is 81.1 cm³/mol. The summed E-state index contributed by atoms with van der Waals surface area (Å²) in [4.78, 5) is 4.18. The van der Waals surface area contributed by atoms with Crippen LogP contribution in [0.5, 0.6) is 11.6 Å². The van der Waals surface area contributed by atoms with E-state index in [1.54, 1.807) is 18.3 Å². The van der Waals surface area contributed by atoms with E-state index < -0.39 is 0 Å². The third kappa shape index (κ3) is 3.20. The molecule has 19 heavy (non-hydrogen) atoms. The maximum atomic E-state index is 6.11. The van der Waals surface area contributed by atoms with Crippen LogP contribution in [0.2, 0.25) is 10.0 Å². The van der Waals surface area contributed by atoms with Gasteiger partial charge in [-0.15, -0.1) is 0 Å². The summed E-state index contributed by atoms with van der Waals surface area (Å²) in [5.41, 5.74) is 7.58. The van der Waals surface area contributed by atoms with Crippen molar-refractivity contribution in [1.82, 2.24) is 4.98 Å². The highest BCUT2D eigenvalue weighted by Gasteiger charge is 2.12. The van der Waals surface area contributed by atoms with E-state index in [2.05, 4.69) is 20.9 Å². The Morgan fingerprint density at radius 2 is 2.05 bits per heavy atom. The number of ether oxygens (including phenoxy) is 1. The van der Waals surface area contributed by atoms with Crippen molar-refractivity contribution in [1.29, 1.82) is 0 Å². The molecular formula is C13H11BrCl2N2O. The number of benzene rings is 1. The van der Waals surface area contributed by atoms with Gasteiger partial charge in [-0.3, -0.25) is 0 Å². The van der Waals surface area contributed by atoms with Crippen LogP contribution in [0.15, 0.2) is 28.9 Å². The molecule has 1 aromatic carbocycles. The molecular weight excluding hydrogens is 351 g/mol. The average molecular weight is 362 g/mol.